The molecular weight excluding hydrogens is 306 g/mol. The first-order valence-electron chi connectivity index (χ1n) is 5.94. The molecule has 5 rings (SSSR count). The molecule has 0 nitrogen and oxygen atoms in total. The highest BCUT2D eigenvalue weighted by Gasteiger charge is 2.95. The van der Waals surface area contributed by atoms with Crippen LogP contribution in [0.15, 0.2) is 0 Å². The molecule has 1 fully saturated rings. The van der Waals surface area contributed by atoms with E-state index in [9.17, 15) is 0 Å². The molecule has 6 atom stereocenters. The monoisotopic (exact) mass is 326 g/mol. The van der Waals surface area contributed by atoms with Gasteiger partial charge in [0.05, 0.1) is 9.79 Å². The van der Waals surface area contributed by atoms with Gasteiger partial charge in [-0.05, 0) is 18.4 Å². The van der Waals surface area contributed by atoms with Gasteiger partial charge in [-0.1, -0.05) is 77.0 Å². The summed E-state index contributed by atoms with van der Waals surface area (Å²) in [6.45, 7) is 17.3. The Hall–Kier alpha value is 1.93. The van der Waals surface area contributed by atoms with Crippen LogP contribution < -0.4 is 0 Å². The van der Waals surface area contributed by atoms with Gasteiger partial charge in [0, 0.05) is 0 Å². The van der Waals surface area contributed by atoms with Crippen molar-refractivity contribution >= 4 is 43.1 Å². The van der Waals surface area contributed by atoms with Crippen molar-refractivity contribution in [3.8, 4) is 0 Å². The third kappa shape index (κ3) is 0.793. The summed E-state index contributed by atoms with van der Waals surface area (Å²) >= 11 is 0. The molecule has 4 aliphatic heterocycles. The zero-order valence-electron chi connectivity index (χ0n) is 10.8. The standard InChI is InChI=1S/C10H20P6/c1-7(2,3)9-10(8(4,5)6)13(9)16-11-14(9)15(10)12-16/h11-12H,1-6H3. The molecule has 1 aromatic heterocycles. The smallest absolute Gasteiger partial charge is 0.0684 e. The molecule has 1 saturated heterocycles. The van der Waals surface area contributed by atoms with E-state index in [1.807, 2.05) is 0 Å². The van der Waals surface area contributed by atoms with E-state index in [0.29, 0.717) is 38.8 Å². The van der Waals surface area contributed by atoms with Crippen LogP contribution in [0.4, 0.5) is 0 Å². The molecule has 0 aromatic carbocycles. The molecule has 6 unspecified atom stereocenters. The van der Waals surface area contributed by atoms with Crippen molar-refractivity contribution in [3.05, 3.63) is 0 Å². The average molecular weight is 326 g/mol. The maximum absolute atomic E-state index is 2.58. The van der Waals surface area contributed by atoms with Gasteiger partial charge in [-0.2, -0.15) is 0 Å². The average Bonchev–Trinajstić information content (AvgIpc) is 2.41. The summed E-state index contributed by atoms with van der Waals surface area (Å²) in [7, 11) is 3.59. The Morgan fingerprint density at radius 3 is 1.38 bits per heavy atom. The Kier molecular flexibility index (Phi) is 1.98. The summed E-state index contributed by atoms with van der Waals surface area (Å²) in [5.41, 5.74) is 1.29. The van der Waals surface area contributed by atoms with Crippen LogP contribution in [0.1, 0.15) is 41.5 Å². The van der Waals surface area contributed by atoms with Gasteiger partial charge < -0.3 is 0 Å². The lowest BCUT2D eigenvalue weighted by molar-refractivity contribution is 0.244. The second-order valence-electron chi connectivity index (χ2n) is 7.29. The van der Waals surface area contributed by atoms with E-state index >= 15 is 0 Å². The first-order valence-corrected chi connectivity index (χ1v) is 18.1. The van der Waals surface area contributed by atoms with Gasteiger partial charge in [-0.25, -0.2) is 0 Å². The molecule has 0 aliphatic carbocycles. The minimum Gasteiger partial charge on any atom is -0.0855 e. The molecule has 16 heavy (non-hydrogen) atoms. The third-order valence-corrected chi connectivity index (χ3v) is 59.5. The molecule has 0 amide bonds. The van der Waals surface area contributed by atoms with Crippen molar-refractivity contribution in [2.24, 2.45) is 10.8 Å². The summed E-state index contributed by atoms with van der Waals surface area (Å²) in [6, 6.07) is 0. The largest absolute Gasteiger partial charge is 0.0855 e. The molecule has 0 saturated carbocycles. The Labute approximate surface area is 105 Å². The van der Waals surface area contributed by atoms with Gasteiger partial charge in [0.1, 0.15) is 0 Å². The predicted octanol–water partition coefficient (Wildman–Crippen LogP) is 7.52. The van der Waals surface area contributed by atoms with Crippen LogP contribution in [-0.4, -0.2) is 0 Å². The van der Waals surface area contributed by atoms with Crippen LogP contribution >= 0.6 is 43.1 Å². The van der Waals surface area contributed by atoms with Crippen molar-refractivity contribution in [2.75, 3.05) is 0 Å². The summed E-state index contributed by atoms with van der Waals surface area (Å²) in [4.78, 5) is 1.92. The highest BCUT2D eigenvalue weighted by atomic mass is 32.8. The fourth-order valence-electron chi connectivity index (χ4n) is 4.17. The van der Waals surface area contributed by atoms with Gasteiger partial charge in [0.25, 0.3) is 0 Å². The van der Waals surface area contributed by atoms with Gasteiger partial charge in [0.15, 0.2) is 0 Å². The molecule has 0 radical (unpaired) electrons. The lowest BCUT2D eigenvalue weighted by Crippen LogP contribution is -2.38. The number of hydrogen-bond acceptors (Lipinski definition) is 0. The SMILES string of the molecule is CC(C)(C)C12P3p4[pH]p1p([pH]4)C32C(C)(C)C. The first kappa shape index (κ1) is 11.7. The molecule has 4 aliphatic rings. The fraction of sp³-hybridized carbons (Fsp3) is 1.00. The van der Waals surface area contributed by atoms with E-state index < -0.39 is 0 Å². The lowest BCUT2D eigenvalue weighted by Gasteiger charge is -2.49. The van der Waals surface area contributed by atoms with Crippen molar-refractivity contribution in [2.45, 2.75) is 51.3 Å². The topological polar surface area (TPSA) is 0 Å². The van der Waals surface area contributed by atoms with Crippen molar-refractivity contribution in [3.63, 3.8) is 0 Å². The Balaban J connectivity index is 2.01. The van der Waals surface area contributed by atoms with Crippen molar-refractivity contribution < 1.29 is 0 Å². The second kappa shape index (κ2) is 2.69. The number of rotatable bonds is 0. The molecule has 6 heteroatoms. The zero-order chi connectivity index (χ0) is 11.7. The van der Waals surface area contributed by atoms with Crippen LogP contribution in [0.3, 0.4) is 0 Å². The highest BCUT2D eigenvalue weighted by Crippen LogP contribution is 3.35. The van der Waals surface area contributed by atoms with E-state index in [1.54, 1.807) is 0 Å². The van der Waals surface area contributed by atoms with E-state index in [0.717, 1.165) is 9.79 Å². The van der Waals surface area contributed by atoms with Crippen LogP contribution in [0.5, 0.6) is 0 Å². The first-order chi connectivity index (χ1) is 7.20. The van der Waals surface area contributed by atoms with Crippen LogP contribution in [-0.2, 0) is 9.79 Å². The molecule has 0 N–H and O–H groups in total. The fourth-order valence-corrected chi connectivity index (χ4v) is 113. The Morgan fingerprint density at radius 2 is 1.12 bits per heavy atom. The lowest BCUT2D eigenvalue weighted by atomic mass is 9.80. The maximum atomic E-state index is 2.58. The maximum Gasteiger partial charge on any atom is 0.0684 e. The van der Waals surface area contributed by atoms with Crippen molar-refractivity contribution in [1.29, 1.82) is 0 Å². The molecular formula is C10H20P6. The summed E-state index contributed by atoms with van der Waals surface area (Å²) in [5, 5.41) is 0. The molecule has 90 valence electrons. The van der Waals surface area contributed by atoms with E-state index in [2.05, 4.69) is 41.5 Å². The number of hydrogen-bond donors (Lipinski definition) is 0. The third-order valence-electron chi connectivity index (χ3n) is 4.53. The summed E-state index contributed by atoms with van der Waals surface area (Å²) in [5.74, 6) is 0. The van der Waals surface area contributed by atoms with Crippen LogP contribution in [0.2, 0.25) is 0 Å². The molecule has 3 bridgehead atoms. The minimum absolute atomic E-state index is 0.530. The summed E-state index contributed by atoms with van der Waals surface area (Å²) in [6.07, 6.45) is 0. The zero-order valence-corrected chi connectivity index (χ0v) is 16.4. The van der Waals surface area contributed by atoms with Gasteiger partial charge in [-0.3, -0.25) is 0 Å². The predicted molar refractivity (Wildman–Crippen MR) is 88.4 cm³/mol. The van der Waals surface area contributed by atoms with Crippen LogP contribution in [0, 0.1) is 10.8 Å². The van der Waals surface area contributed by atoms with Gasteiger partial charge >= 0.3 is 0 Å². The highest BCUT2D eigenvalue weighted by molar-refractivity contribution is 8.91. The van der Waals surface area contributed by atoms with Crippen molar-refractivity contribution in [1.82, 2.24) is 0 Å². The van der Waals surface area contributed by atoms with Gasteiger partial charge in [0.2, 0.25) is 0 Å². The molecule has 0 spiro atoms. The van der Waals surface area contributed by atoms with Crippen LogP contribution in [0.25, 0.3) is 0 Å². The van der Waals surface area contributed by atoms with Gasteiger partial charge in [-0.15, -0.1) is 0 Å². The Bertz CT molecular complexity index is 487. The van der Waals surface area contributed by atoms with E-state index in [1.165, 1.54) is 15.1 Å². The van der Waals surface area contributed by atoms with E-state index in [-0.39, 0.29) is 0 Å². The second-order valence-corrected chi connectivity index (χ2v) is 34.4. The van der Waals surface area contributed by atoms with E-state index in [4.69, 9.17) is 0 Å². The minimum atomic E-state index is 0.530. The summed E-state index contributed by atoms with van der Waals surface area (Å²) < 4.78 is 0. The normalized spacial score (nSPS) is 46.6. The molecule has 1 aromatic rings. The quantitative estimate of drug-likeness (QED) is 0.433. The molecule has 5 heterocycles. The Morgan fingerprint density at radius 1 is 0.750 bits per heavy atom.